The molecule has 232 valence electrons. The van der Waals surface area contributed by atoms with Crippen molar-refractivity contribution in [2.24, 2.45) is 4.99 Å². The molecule has 0 saturated carbocycles. The number of anilines is 1. The van der Waals surface area contributed by atoms with Crippen LogP contribution in [-0.4, -0.2) is 79.4 Å². The number of carboxylic acids is 3. The smallest absolute Gasteiger partial charge is 0.323 e. The van der Waals surface area contributed by atoms with Gasteiger partial charge in [0, 0.05) is 18.2 Å². The Morgan fingerprint density at radius 3 is 2.32 bits per heavy atom. The molecule has 1 amide bonds. The van der Waals surface area contributed by atoms with Gasteiger partial charge in [-0.1, -0.05) is 31.1 Å². The first-order valence-electron chi connectivity index (χ1n) is 13.3. The predicted molar refractivity (Wildman–Crippen MR) is 156 cm³/mol. The molecule has 3 aliphatic heterocycles. The van der Waals surface area contributed by atoms with E-state index in [0.29, 0.717) is 41.4 Å². The molecule has 1 aromatic heterocycles. The number of unbranched alkanes of at least 4 members (excludes halogenated alkanes) is 2. The number of rotatable bonds is 12. The maximum atomic E-state index is 13.7. The highest BCUT2D eigenvalue weighted by molar-refractivity contribution is 7.73. The molecule has 4 N–H and O–H groups in total. The lowest BCUT2D eigenvalue weighted by Crippen LogP contribution is -2.37. The number of hydrogen-bond acceptors (Lipinski definition) is 12. The third kappa shape index (κ3) is 5.96. The molecule has 0 fully saturated rings. The zero-order valence-electron chi connectivity index (χ0n) is 23.1. The molecule has 44 heavy (non-hydrogen) atoms. The molecule has 0 aliphatic carbocycles. The van der Waals surface area contributed by atoms with Crippen molar-refractivity contribution >= 4 is 58.9 Å². The van der Waals surface area contributed by atoms with E-state index in [1.165, 1.54) is 11.0 Å². The summed E-state index contributed by atoms with van der Waals surface area (Å²) in [5.74, 6) is -4.13. The zero-order chi connectivity index (χ0) is 31.7. The summed E-state index contributed by atoms with van der Waals surface area (Å²) in [6, 6.07) is 3.16. The van der Waals surface area contributed by atoms with E-state index in [1.807, 2.05) is 6.92 Å². The normalized spacial score (nSPS) is 17.2. The largest absolute Gasteiger partial charge is 0.493 e. The van der Waals surface area contributed by atoms with Crippen LogP contribution in [0.1, 0.15) is 37.5 Å². The highest BCUT2D eigenvalue weighted by Crippen LogP contribution is 2.48. The highest BCUT2D eigenvalue weighted by atomic mass is 32.1. The summed E-state index contributed by atoms with van der Waals surface area (Å²) in [6.45, 7) is 0.0461. The van der Waals surface area contributed by atoms with E-state index in [2.05, 4.69) is 4.99 Å². The Morgan fingerprint density at radius 1 is 1.00 bits per heavy atom. The molecule has 0 unspecified atom stereocenters. The van der Waals surface area contributed by atoms with Gasteiger partial charge in [0.15, 0.2) is 27.0 Å². The fourth-order valence-corrected chi connectivity index (χ4v) is 6.08. The third-order valence-electron chi connectivity index (χ3n) is 6.75. The van der Waals surface area contributed by atoms with E-state index in [4.69, 9.17) is 26.4 Å². The number of amidine groups is 1. The van der Waals surface area contributed by atoms with Crippen molar-refractivity contribution in [2.45, 2.75) is 39.2 Å². The summed E-state index contributed by atoms with van der Waals surface area (Å²) in [7, 11) is 0. The minimum absolute atomic E-state index is 0.00584. The number of nitrogens with zero attached hydrogens (tertiary/aromatic N) is 4. The number of amides is 1. The fourth-order valence-electron chi connectivity index (χ4n) is 4.79. The van der Waals surface area contributed by atoms with Gasteiger partial charge in [-0.3, -0.25) is 33.5 Å². The maximum Gasteiger partial charge on any atom is 0.323 e. The Morgan fingerprint density at radius 2 is 1.66 bits per heavy atom. The van der Waals surface area contributed by atoms with Crippen LogP contribution in [0, 0.1) is 3.95 Å². The van der Waals surface area contributed by atoms with Gasteiger partial charge in [0.2, 0.25) is 18.6 Å². The number of allylic oxidation sites excluding steroid dienone is 2. The van der Waals surface area contributed by atoms with E-state index in [9.17, 15) is 39.6 Å². The Labute approximate surface area is 258 Å². The molecule has 1 aromatic carbocycles. The Bertz CT molecular complexity index is 1720. The average Bonchev–Trinajstić information content (AvgIpc) is 3.69. The molecule has 0 bridgehead atoms. The van der Waals surface area contributed by atoms with Crippen LogP contribution >= 0.6 is 23.6 Å². The summed E-state index contributed by atoms with van der Waals surface area (Å²) >= 11 is 5.98. The number of aromatic hydroxyl groups is 1. The van der Waals surface area contributed by atoms with Crippen molar-refractivity contribution in [3.63, 3.8) is 0 Å². The van der Waals surface area contributed by atoms with Crippen LogP contribution in [0.2, 0.25) is 0 Å². The van der Waals surface area contributed by atoms with E-state index in [-0.39, 0.29) is 33.0 Å². The first-order chi connectivity index (χ1) is 21.0. The summed E-state index contributed by atoms with van der Waals surface area (Å²) < 4.78 is 17.8. The van der Waals surface area contributed by atoms with Crippen LogP contribution in [0.5, 0.6) is 23.1 Å². The minimum Gasteiger partial charge on any atom is -0.493 e. The van der Waals surface area contributed by atoms with Crippen molar-refractivity contribution in [2.75, 3.05) is 24.8 Å². The van der Waals surface area contributed by atoms with Gasteiger partial charge in [-0.15, -0.1) is 0 Å². The number of aromatic nitrogens is 1. The van der Waals surface area contributed by atoms with Gasteiger partial charge in [0.05, 0.1) is 5.69 Å². The Balaban J connectivity index is 1.64. The molecule has 5 rings (SSSR count). The first kappa shape index (κ1) is 30.6. The molecular formula is C27H26N4O11S2. The number of aliphatic imine (C=N–C) groups is 1. The van der Waals surface area contributed by atoms with Crippen LogP contribution in [-0.2, 0) is 25.7 Å². The molecule has 15 nitrogen and oxygen atoms in total. The predicted octanol–water partition coefficient (Wildman–Crippen LogP) is 3.13. The number of hydrogen-bond donors (Lipinski definition) is 4. The molecule has 17 heteroatoms. The number of thiazole rings is 1. The van der Waals surface area contributed by atoms with Gasteiger partial charge in [-0.05, 0) is 30.6 Å². The number of benzene rings is 1. The van der Waals surface area contributed by atoms with Gasteiger partial charge in [0.1, 0.15) is 30.2 Å². The quantitative estimate of drug-likeness (QED) is 0.149. The number of ether oxygens (including phenoxy) is 3. The average molecular weight is 647 g/mol. The van der Waals surface area contributed by atoms with Gasteiger partial charge >= 0.3 is 17.9 Å². The molecule has 0 radical (unpaired) electrons. The second-order valence-electron chi connectivity index (χ2n) is 9.79. The summed E-state index contributed by atoms with van der Waals surface area (Å²) in [6.07, 6.45) is 4.02. The van der Waals surface area contributed by atoms with Crippen molar-refractivity contribution in [1.82, 2.24) is 9.47 Å². The van der Waals surface area contributed by atoms with Crippen LogP contribution in [0.25, 0.3) is 0 Å². The Hall–Kier alpha value is -4.90. The number of carbonyl (C=O) groups excluding carboxylic acids is 1. The molecule has 4 heterocycles. The second-order valence-corrected chi connectivity index (χ2v) is 11.4. The van der Waals surface area contributed by atoms with E-state index < -0.39 is 49.3 Å². The fraction of sp³-hybridized carbons (Fsp3) is 0.333. The SMILES string of the molecule is CCCCCC(/C=C1\Oc2cc3c(cc2N1CC(=O)O)OCO3)=C1\N=C(c2sc(=S)n(CC(=O)O)c2O)N(CC(=O)O)C1=O. The molecule has 0 spiro atoms. The van der Waals surface area contributed by atoms with Crippen LogP contribution in [0.3, 0.4) is 0 Å². The minimum atomic E-state index is -1.36. The zero-order valence-corrected chi connectivity index (χ0v) is 24.8. The lowest BCUT2D eigenvalue weighted by atomic mass is 10.0. The van der Waals surface area contributed by atoms with Crippen molar-refractivity contribution in [3.05, 3.63) is 44.2 Å². The second kappa shape index (κ2) is 12.4. The summed E-state index contributed by atoms with van der Waals surface area (Å²) in [4.78, 5) is 55.3. The van der Waals surface area contributed by atoms with E-state index in [1.54, 1.807) is 12.1 Å². The maximum absolute atomic E-state index is 13.7. The van der Waals surface area contributed by atoms with Crippen LogP contribution in [0.4, 0.5) is 5.69 Å². The first-order valence-corrected chi connectivity index (χ1v) is 14.5. The third-order valence-corrected chi connectivity index (χ3v) is 8.18. The van der Waals surface area contributed by atoms with Gasteiger partial charge in [0.25, 0.3) is 5.91 Å². The van der Waals surface area contributed by atoms with E-state index in [0.717, 1.165) is 33.6 Å². The molecular weight excluding hydrogens is 620 g/mol. The molecule has 3 aliphatic rings. The Kier molecular flexibility index (Phi) is 8.59. The highest BCUT2D eigenvalue weighted by Gasteiger charge is 2.38. The van der Waals surface area contributed by atoms with Crippen LogP contribution in [0.15, 0.2) is 40.4 Å². The van der Waals surface area contributed by atoms with Crippen molar-refractivity contribution in [3.8, 4) is 23.1 Å². The number of carbonyl (C=O) groups is 4. The molecule has 2 aromatic rings. The summed E-state index contributed by atoms with van der Waals surface area (Å²) in [5.41, 5.74) is 0.595. The van der Waals surface area contributed by atoms with Gasteiger partial charge in [-0.25, -0.2) is 4.99 Å². The van der Waals surface area contributed by atoms with Crippen molar-refractivity contribution in [1.29, 1.82) is 0 Å². The topological polar surface area (TPSA) is 201 Å². The van der Waals surface area contributed by atoms with Gasteiger partial charge < -0.3 is 34.6 Å². The number of carboxylic acid groups (broad SMARTS) is 3. The number of fused-ring (bicyclic) bond motifs is 2. The lowest BCUT2D eigenvalue weighted by molar-refractivity contribution is -0.140. The monoisotopic (exact) mass is 646 g/mol. The van der Waals surface area contributed by atoms with Crippen molar-refractivity contribution < 1.29 is 53.8 Å². The van der Waals surface area contributed by atoms with Gasteiger partial charge in [-0.2, -0.15) is 0 Å². The lowest BCUT2D eigenvalue weighted by Gasteiger charge is -2.17. The molecule has 0 atom stereocenters. The number of aliphatic carboxylic acids is 3. The standard InChI is InChI=1S/C27H26N4O11S2/c1-2-3-4-5-13(6-18-29(9-19(32)33)14-7-16-17(41-12-40-16)8-15(14)42-18)22-25(38)30(10-20(34)35)24(28-22)23-26(39)31(11-21(36)37)27(43)44-23/h6-8,39H,2-5,9-12H2,1H3,(H,32,33)(H,34,35)(H,36,37)/b18-6-,22-13+. The van der Waals surface area contributed by atoms with E-state index >= 15 is 0 Å². The summed E-state index contributed by atoms with van der Waals surface area (Å²) in [5, 5.41) is 39.3. The molecule has 0 saturated heterocycles. The van der Waals surface area contributed by atoms with Crippen LogP contribution < -0.4 is 19.1 Å².